The third kappa shape index (κ3) is 3.13. The summed E-state index contributed by atoms with van der Waals surface area (Å²) in [4.78, 5) is 12.5. The summed E-state index contributed by atoms with van der Waals surface area (Å²) in [6.07, 6.45) is 0. The minimum Gasteiger partial charge on any atom is -0.493 e. The molecule has 0 saturated heterocycles. The average Bonchev–Trinajstić information content (AvgIpc) is 2.60. The van der Waals surface area contributed by atoms with Gasteiger partial charge in [0, 0.05) is 10.4 Å². The summed E-state index contributed by atoms with van der Waals surface area (Å²) in [5.41, 5.74) is 0.629. The van der Waals surface area contributed by atoms with Crippen LogP contribution in [0.25, 0.3) is 22.1 Å². The second kappa shape index (κ2) is 6.86. The molecule has 7 heteroatoms. The molecule has 0 aliphatic heterocycles. The molecule has 0 bridgehead atoms. The molecule has 130 valence electrons. The van der Waals surface area contributed by atoms with E-state index < -0.39 is 5.63 Å². The molecule has 0 atom stereocenters. The zero-order valence-corrected chi connectivity index (χ0v) is 15.2. The highest BCUT2D eigenvalue weighted by atomic mass is 35.5. The number of rotatable bonds is 4. The molecule has 0 fully saturated rings. The van der Waals surface area contributed by atoms with Crippen LogP contribution in [-0.4, -0.2) is 21.3 Å². The minimum absolute atomic E-state index is 0.274. The van der Waals surface area contributed by atoms with E-state index in [-0.39, 0.29) is 10.6 Å². The maximum Gasteiger partial charge on any atom is 0.344 e. The number of ether oxygens (including phenoxy) is 3. The number of methoxy groups -OCH3 is 3. The number of benzene rings is 2. The molecule has 0 aliphatic carbocycles. The lowest BCUT2D eigenvalue weighted by molar-refractivity contribution is 0.324. The van der Waals surface area contributed by atoms with Crippen LogP contribution in [0.2, 0.25) is 10.0 Å². The van der Waals surface area contributed by atoms with Gasteiger partial charge in [-0.1, -0.05) is 23.2 Å². The number of fused-ring (bicyclic) bond motifs is 1. The average molecular weight is 381 g/mol. The highest BCUT2D eigenvalue weighted by molar-refractivity contribution is 6.38. The molecule has 0 spiro atoms. The van der Waals surface area contributed by atoms with Crippen molar-refractivity contribution in [3.8, 4) is 28.4 Å². The van der Waals surface area contributed by atoms with E-state index in [2.05, 4.69) is 0 Å². The molecule has 0 unspecified atom stereocenters. The Morgan fingerprint density at radius 2 is 1.52 bits per heavy atom. The van der Waals surface area contributed by atoms with E-state index >= 15 is 0 Å². The van der Waals surface area contributed by atoms with Gasteiger partial charge in [-0.05, 0) is 35.9 Å². The van der Waals surface area contributed by atoms with E-state index in [0.29, 0.717) is 38.8 Å². The van der Waals surface area contributed by atoms with Crippen molar-refractivity contribution in [2.75, 3.05) is 21.3 Å². The maximum absolute atomic E-state index is 12.5. The van der Waals surface area contributed by atoms with E-state index in [9.17, 15) is 4.79 Å². The van der Waals surface area contributed by atoms with Gasteiger partial charge in [0.15, 0.2) is 17.1 Å². The lowest BCUT2D eigenvalue weighted by Crippen LogP contribution is -2.04. The van der Waals surface area contributed by atoms with Crippen LogP contribution in [0.4, 0.5) is 0 Å². The molecule has 0 aliphatic rings. The lowest BCUT2D eigenvalue weighted by atomic mass is 10.0. The van der Waals surface area contributed by atoms with Gasteiger partial charge in [-0.25, -0.2) is 4.79 Å². The van der Waals surface area contributed by atoms with Gasteiger partial charge < -0.3 is 18.6 Å². The third-order valence-corrected chi connectivity index (χ3v) is 4.23. The van der Waals surface area contributed by atoms with Crippen molar-refractivity contribution in [1.82, 2.24) is 0 Å². The predicted molar refractivity (Wildman–Crippen MR) is 97.6 cm³/mol. The van der Waals surface area contributed by atoms with Crippen LogP contribution < -0.4 is 19.8 Å². The molecular weight excluding hydrogens is 367 g/mol. The Morgan fingerprint density at radius 3 is 2.08 bits per heavy atom. The molecule has 1 aromatic heterocycles. The Morgan fingerprint density at radius 1 is 0.880 bits per heavy atom. The molecule has 25 heavy (non-hydrogen) atoms. The fourth-order valence-corrected chi connectivity index (χ4v) is 3.14. The first-order valence-corrected chi connectivity index (χ1v) is 7.97. The van der Waals surface area contributed by atoms with Gasteiger partial charge >= 0.3 is 5.63 Å². The smallest absolute Gasteiger partial charge is 0.344 e. The van der Waals surface area contributed by atoms with E-state index in [1.54, 1.807) is 24.3 Å². The van der Waals surface area contributed by atoms with Crippen LogP contribution in [0.1, 0.15) is 0 Å². The second-order valence-corrected chi connectivity index (χ2v) is 6.01. The number of halogens is 2. The molecule has 3 rings (SSSR count). The normalized spacial score (nSPS) is 10.8. The SMILES string of the molecule is COc1cc(-c2cc3cc(Cl)cc(Cl)c3oc2=O)cc(OC)c1OC. The highest BCUT2D eigenvalue weighted by Crippen LogP contribution is 2.41. The van der Waals surface area contributed by atoms with Crippen LogP contribution in [0.15, 0.2) is 39.5 Å². The van der Waals surface area contributed by atoms with Crippen molar-refractivity contribution in [3.05, 3.63) is 50.8 Å². The van der Waals surface area contributed by atoms with Crippen LogP contribution in [-0.2, 0) is 0 Å². The first-order valence-electron chi connectivity index (χ1n) is 7.21. The Hall–Kier alpha value is -2.37. The monoisotopic (exact) mass is 380 g/mol. The van der Waals surface area contributed by atoms with Gasteiger partial charge in [0.25, 0.3) is 0 Å². The van der Waals surface area contributed by atoms with E-state index in [1.807, 2.05) is 0 Å². The van der Waals surface area contributed by atoms with Gasteiger partial charge in [-0.3, -0.25) is 0 Å². The van der Waals surface area contributed by atoms with Crippen LogP contribution >= 0.6 is 23.2 Å². The van der Waals surface area contributed by atoms with Crippen molar-refractivity contribution in [1.29, 1.82) is 0 Å². The molecule has 2 aromatic carbocycles. The van der Waals surface area contributed by atoms with Crippen molar-refractivity contribution < 1.29 is 18.6 Å². The summed E-state index contributed by atoms with van der Waals surface area (Å²) in [5, 5.41) is 1.33. The summed E-state index contributed by atoms with van der Waals surface area (Å²) in [6.45, 7) is 0. The van der Waals surface area contributed by atoms with Gasteiger partial charge in [0.05, 0.1) is 31.9 Å². The third-order valence-electron chi connectivity index (χ3n) is 3.73. The highest BCUT2D eigenvalue weighted by Gasteiger charge is 2.17. The fourth-order valence-electron chi connectivity index (χ4n) is 2.60. The van der Waals surface area contributed by atoms with Gasteiger partial charge in [-0.2, -0.15) is 0 Å². The van der Waals surface area contributed by atoms with Crippen molar-refractivity contribution in [2.45, 2.75) is 0 Å². The second-order valence-electron chi connectivity index (χ2n) is 5.17. The molecule has 1 heterocycles. The summed E-state index contributed by atoms with van der Waals surface area (Å²) in [6, 6.07) is 8.21. The zero-order valence-electron chi connectivity index (χ0n) is 13.7. The molecule has 0 N–H and O–H groups in total. The number of hydrogen-bond acceptors (Lipinski definition) is 5. The summed E-state index contributed by atoms with van der Waals surface area (Å²) in [5.74, 6) is 1.30. The quantitative estimate of drug-likeness (QED) is 0.608. The molecule has 0 amide bonds. The Kier molecular flexibility index (Phi) is 4.79. The molecule has 3 aromatic rings. The largest absolute Gasteiger partial charge is 0.493 e. The summed E-state index contributed by atoms with van der Waals surface area (Å²) < 4.78 is 21.3. The van der Waals surface area contributed by atoms with Crippen LogP contribution in [0.3, 0.4) is 0 Å². The molecule has 0 radical (unpaired) electrons. The van der Waals surface area contributed by atoms with E-state index in [0.717, 1.165) is 0 Å². The van der Waals surface area contributed by atoms with E-state index in [4.69, 9.17) is 41.8 Å². The van der Waals surface area contributed by atoms with E-state index in [1.165, 1.54) is 27.4 Å². The predicted octanol–water partition coefficient (Wildman–Crippen LogP) is 4.79. The topological polar surface area (TPSA) is 57.9 Å². The number of hydrogen-bond donors (Lipinski definition) is 0. The Bertz CT molecular complexity index is 985. The van der Waals surface area contributed by atoms with Gasteiger partial charge in [0.2, 0.25) is 5.75 Å². The molecule has 0 saturated carbocycles. The van der Waals surface area contributed by atoms with Crippen molar-refractivity contribution in [2.24, 2.45) is 0 Å². The summed E-state index contributed by atoms with van der Waals surface area (Å²) >= 11 is 12.1. The van der Waals surface area contributed by atoms with Crippen molar-refractivity contribution in [3.63, 3.8) is 0 Å². The van der Waals surface area contributed by atoms with Crippen LogP contribution in [0, 0.1) is 0 Å². The fraction of sp³-hybridized carbons (Fsp3) is 0.167. The minimum atomic E-state index is -0.536. The zero-order chi connectivity index (χ0) is 18.1. The molecule has 5 nitrogen and oxygen atoms in total. The van der Waals surface area contributed by atoms with Gasteiger partial charge in [0.1, 0.15) is 0 Å². The Labute approximate surface area is 153 Å². The first kappa shape index (κ1) is 17.5. The van der Waals surface area contributed by atoms with Gasteiger partial charge in [-0.15, -0.1) is 0 Å². The Balaban J connectivity index is 2.29. The van der Waals surface area contributed by atoms with Crippen molar-refractivity contribution >= 4 is 34.2 Å². The lowest BCUT2D eigenvalue weighted by Gasteiger charge is -2.14. The standard InChI is InChI=1S/C18H14Cl2O5/c1-22-14-6-9(7-15(23-2)17(14)24-3)12-5-10-4-11(19)8-13(20)16(10)25-18(12)21/h4-8H,1-3H3. The summed E-state index contributed by atoms with van der Waals surface area (Å²) in [7, 11) is 4.52. The molecular formula is C18H14Cl2O5. The maximum atomic E-state index is 12.5. The van der Waals surface area contributed by atoms with Crippen LogP contribution in [0.5, 0.6) is 17.2 Å². The first-order chi connectivity index (χ1) is 12.0.